The standard InChI is InChI=1S/C19H18F2N2O4/c1-11(17-22-14-6-4-5-7-15(14)23(17)19(20)21)27-18(24)13-9-8-12(25-2)10-16(13)26-3/h4-11,19H,1-3H3. The topological polar surface area (TPSA) is 62.6 Å². The van der Waals surface area contributed by atoms with Crippen LogP contribution in [0.5, 0.6) is 11.5 Å². The maximum Gasteiger partial charge on any atom is 0.342 e. The largest absolute Gasteiger partial charge is 0.497 e. The number of aromatic nitrogens is 2. The minimum absolute atomic E-state index is 0.0352. The first kappa shape index (κ1) is 18.6. The third kappa shape index (κ3) is 3.55. The lowest BCUT2D eigenvalue weighted by molar-refractivity contribution is 0.0230. The molecule has 3 rings (SSSR count). The van der Waals surface area contributed by atoms with E-state index in [-0.39, 0.29) is 22.7 Å². The van der Waals surface area contributed by atoms with Gasteiger partial charge in [-0.05, 0) is 31.2 Å². The highest BCUT2D eigenvalue weighted by molar-refractivity contribution is 5.93. The molecule has 1 atom stereocenters. The first-order valence-electron chi connectivity index (χ1n) is 8.14. The highest BCUT2D eigenvalue weighted by Crippen LogP contribution is 2.30. The summed E-state index contributed by atoms with van der Waals surface area (Å²) in [4.78, 5) is 16.7. The molecule has 0 bridgehead atoms. The number of ether oxygens (including phenoxy) is 3. The number of halogens is 2. The van der Waals surface area contributed by atoms with Gasteiger partial charge >= 0.3 is 12.5 Å². The van der Waals surface area contributed by atoms with E-state index in [9.17, 15) is 13.6 Å². The van der Waals surface area contributed by atoms with Crippen LogP contribution >= 0.6 is 0 Å². The maximum absolute atomic E-state index is 13.6. The summed E-state index contributed by atoms with van der Waals surface area (Å²) in [5.41, 5.74) is 0.829. The molecule has 142 valence electrons. The van der Waals surface area contributed by atoms with Crippen molar-refractivity contribution in [1.29, 1.82) is 0 Å². The Bertz CT molecular complexity index is 971. The number of methoxy groups -OCH3 is 2. The summed E-state index contributed by atoms with van der Waals surface area (Å²) < 4.78 is 43.5. The monoisotopic (exact) mass is 376 g/mol. The molecule has 8 heteroatoms. The summed E-state index contributed by atoms with van der Waals surface area (Å²) >= 11 is 0. The molecule has 0 saturated heterocycles. The molecule has 6 nitrogen and oxygen atoms in total. The molecular formula is C19H18F2N2O4. The third-order valence-corrected chi connectivity index (χ3v) is 4.09. The molecule has 1 heterocycles. The van der Waals surface area contributed by atoms with Crippen molar-refractivity contribution in [3.8, 4) is 11.5 Å². The highest BCUT2D eigenvalue weighted by atomic mass is 19.3. The van der Waals surface area contributed by atoms with Crippen molar-refractivity contribution >= 4 is 17.0 Å². The second-order valence-corrected chi connectivity index (χ2v) is 5.72. The van der Waals surface area contributed by atoms with Crippen molar-refractivity contribution < 1.29 is 27.8 Å². The van der Waals surface area contributed by atoms with Gasteiger partial charge < -0.3 is 14.2 Å². The average Bonchev–Trinajstić information content (AvgIpc) is 3.07. The van der Waals surface area contributed by atoms with E-state index in [1.165, 1.54) is 33.3 Å². The number of rotatable bonds is 6. The molecule has 0 radical (unpaired) electrons. The number of esters is 1. The lowest BCUT2D eigenvalue weighted by Crippen LogP contribution is -2.15. The average molecular weight is 376 g/mol. The van der Waals surface area contributed by atoms with E-state index >= 15 is 0 Å². The van der Waals surface area contributed by atoms with Crippen LogP contribution in [0.4, 0.5) is 8.78 Å². The zero-order valence-electron chi connectivity index (χ0n) is 15.0. The number of imidazole rings is 1. The summed E-state index contributed by atoms with van der Waals surface area (Å²) in [6.07, 6.45) is -0.995. The summed E-state index contributed by atoms with van der Waals surface area (Å²) in [5.74, 6) is 0.0201. The van der Waals surface area contributed by atoms with Gasteiger partial charge in [-0.1, -0.05) is 12.1 Å². The van der Waals surface area contributed by atoms with Crippen LogP contribution in [0, 0.1) is 0 Å². The van der Waals surface area contributed by atoms with Crippen LogP contribution in [0.1, 0.15) is 35.8 Å². The molecule has 3 aromatic rings. The SMILES string of the molecule is COc1ccc(C(=O)OC(C)c2nc3ccccc3n2C(F)F)c(OC)c1. The number of fused-ring (bicyclic) bond motifs is 1. The zero-order chi connectivity index (χ0) is 19.6. The molecule has 0 aliphatic carbocycles. The molecule has 2 aromatic carbocycles. The Kier molecular flexibility index (Phi) is 5.25. The molecule has 1 aromatic heterocycles. The number of para-hydroxylation sites is 2. The van der Waals surface area contributed by atoms with Gasteiger partial charge in [0.05, 0.1) is 25.3 Å². The van der Waals surface area contributed by atoms with Crippen molar-refractivity contribution in [3.05, 3.63) is 53.9 Å². The third-order valence-electron chi connectivity index (χ3n) is 4.09. The summed E-state index contributed by atoms with van der Waals surface area (Å²) in [5, 5.41) is 0. The Morgan fingerprint density at radius 1 is 1.11 bits per heavy atom. The fourth-order valence-electron chi connectivity index (χ4n) is 2.80. The number of carbonyl (C=O) groups is 1. The smallest absolute Gasteiger partial charge is 0.342 e. The minimum Gasteiger partial charge on any atom is -0.497 e. The predicted octanol–water partition coefficient (Wildman–Crippen LogP) is 4.37. The van der Waals surface area contributed by atoms with E-state index in [1.54, 1.807) is 30.3 Å². The van der Waals surface area contributed by atoms with Gasteiger partial charge in [0.25, 0.3) is 0 Å². The predicted molar refractivity (Wildman–Crippen MR) is 94.4 cm³/mol. The van der Waals surface area contributed by atoms with Gasteiger partial charge in [-0.3, -0.25) is 4.57 Å². The molecule has 0 saturated carbocycles. The van der Waals surface area contributed by atoms with Crippen molar-refractivity contribution in [2.45, 2.75) is 19.6 Å². The van der Waals surface area contributed by atoms with Crippen molar-refractivity contribution in [3.63, 3.8) is 0 Å². The Morgan fingerprint density at radius 2 is 1.85 bits per heavy atom. The van der Waals surface area contributed by atoms with Crippen LogP contribution < -0.4 is 9.47 Å². The van der Waals surface area contributed by atoms with Crippen LogP contribution in [-0.2, 0) is 4.74 Å². The fraction of sp³-hybridized carbons (Fsp3) is 0.263. The van der Waals surface area contributed by atoms with Gasteiger partial charge in [-0.2, -0.15) is 8.78 Å². The molecule has 0 aliphatic heterocycles. The van der Waals surface area contributed by atoms with Crippen LogP contribution in [-0.4, -0.2) is 29.7 Å². The first-order chi connectivity index (χ1) is 13.0. The van der Waals surface area contributed by atoms with Gasteiger partial charge in [0.15, 0.2) is 11.9 Å². The molecule has 1 unspecified atom stereocenters. The highest BCUT2D eigenvalue weighted by Gasteiger charge is 2.25. The summed E-state index contributed by atoms with van der Waals surface area (Å²) in [7, 11) is 2.90. The number of hydrogen-bond acceptors (Lipinski definition) is 5. The second-order valence-electron chi connectivity index (χ2n) is 5.72. The molecule has 27 heavy (non-hydrogen) atoms. The van der Waals surface area contributed by atoms with Crippen LogP contribution in [0.25, 0.3) is 11.0 Å². The van der Waals surface area contributed by atoms with Crippen LogP contribution in [0.2, 0.25) is 0 Å². The molecule has 0 N–H and O–H groups in total. The van der Waals surface area contributed by atoms with Gasteiger partial charge in [-0.15, -0.1) is 0 Å². The van der Waals surface area contributed by atoms with E-state index in [0.29, 0.717) is 11.3 Å². The molecule has 0 aliphatic rings. The van der Waals surface area contributed by atoms with E-state index in [1.807, 2.05) is 0 Å². The number of alkyl halides is 2. The number of benzene rings is 2. The van der Waals surface area contributed by atoms with Crippen LogP contribution in [0.3, 0.4) is 0 Å². The van der Waals surface area contributed by atoms with E-state index in [4.69, 9.17) is 14.2 Å². The Labute approximate surface area is 154 Å². The maximum atomic E-state index is 13.6. The van der Waals surface area contributed by atoms with Crippen molar-refractivity contribution in [2.24, 2.45) is 0 Å². The van der Waals surface area contributed by atoms with Gasteiger partial charge in [0.2, 0.25) is 0 Å². The summed E-state index contributed by atoms with van der Waals surface area (Å²) in [6.45, 7) is -1.32. The number of hydrogen-bond donors (Lipinski definition) is 0. The lowest BCUT2D eigenvalue weighted by Gasteiger charge is -2.16. The van der Waals surface area contributed by atoms with Crippen molar-refractivity contribution in [2.75, 3.05) is 14.2 Å². The van der Waals surface area contributed by atoms with Crippen molar-refractivity contribution in [1.82, 2.24) is 9.55 Å². The van der Waals surface area contributed by atoms with Gasteiger partial charge in [0.1, 0.15) is 17.1 Å². The summed E-state index contributed by atoms with van der Waals surface area (Å²) in [6, 6.07) is 11.1. The molecule has 0 amide bonds. The van der Waals surface area contributed by atoms with E-state index in [0.717, 1.165) is 4.57 Å². The quantitative estimate of drug-likeness (QED) is 0.598. The molecule has 0 fully saturated rings. The van der Waals surface area contributed by atoms with Crippen LogP contribution in [0.15, 0.2) is 42.5 Å². The number of carbonyl (C=O) groups excluding carboxylic acids is 1. The Balaban J connectivity index is 1.92. The Hall–Kier alpha value is -3.16. The normalized spacial score (nSPS) is 12.2. The second kappa shape index (κ2) is 7.61. The minimum atomic E-state index is -2.82. The fourth-order valence-corrected chi connectivity index (χ4v) is 2.80. The molecular weight excluding hydrogens is 358 g/mol. The Morgan fingerprint density at radius 3 is 2.52 bits per heavy atom. The van der Waals surface area contributed by atoms with E-state index in [2.05, 4.69) is 4.98 Å². The lowest BCUT2D eigenvalue weighted by atomic mass is 10.2. The van der Waals surface area contributed by atoms with Gasteiger partial charge in [-0.25, -0.2) is 9.78 Å². The first-order valence-corrected chi connectivity index (χ1v) is 8.14. The molecule has 0 spiro atoms. The number of nitrogens with zero attached hydrogens (tertiary/aromatic N) is 2. The zero-order valence-corrected chi connectivity index (χ0v) is 15.0. The van der Waals surface area contributed by atoms with E-state index < -0.39 is 18.6 Å². The van der Waals surface area contributed by atoms with Gasteiger partial charge in [0, 0.05) is 6.07 Å².